The lowest BCUT2D eigenvalue weighted by Gasteiger charge is -2.34. The minimum atomic E-state index is -0.0885. The van der Waals surface area contributed by atoms with Gasteiger partial charge in [0.15, 0.2) is 0 Å². The van der Waals surface area contributed by atoms with E-state index in [1.54, 1.807) is 6.92 Å². The van der Waals surface area contributed by atoms with Crippen LogP contribution >= 0.6 is 11.6 Å². The van der Waals surface area contributed by atoms with Crippen molar-refractivity contribution in [2.24, 2.45) is 17.8 Å². The number of carbonyl (C=O) groups excluding carboxylic acids is 3. The second-order valence-corrected chi connectivity index (χ2v) is 12.9. The fraction of sp³-hybridized carbons (Fsp3) is 0.545. The predicted octanol–water partition coefficient (Wildman–Crippen LogP) is 4.40. The van der Waals surface area contributed by atoms with Crippen molar-refractivity contribution in [1.29, 1.82) is 0 Å². The summed E-state index contributed by atoms with van der Waals surface area (Å²) >= 11 is 6.47. The number of likely N-dealkylation sites (tertiary alicyclic amines) is 3. The van der Waals surface area contributed by atoms with Gasteiger partial charge in [-0.1, -0.05) is 17.7 Å². The number of amides is 3. The summed E-state index contributed by atoms with van der Waals surface area (Å²) in [5.41, 5.74) is 3.68. The molecule has 3 saturated heterocycles. The fourth-order valence-corrected chi connectivity index (χ4v) is 6.93. The summed E-state index contributed by atoms with van der Waals surface area (Å²) in [6.45, 7) is 9.95. The second-order valence-electron chi connectivity index (χ2n) is 12.5. The molecule has 3 amide bonds. The first-order valence-electron chi connectivity index (χ1n) is 15.2. The molecule has 0 spiro atoms. The van der Waals surface area contributed by atoms with Crippen LogP contribution in [-0.4, -0.2) is 98.9 Å². The molecule has 42 heavy (non-hydrogen) atoms. The molecule has 2 aromatic rings. The van der Waals surface area contributed by atoms with Crippen LogP contribution in [0.1, 0.15) is 42.1 Å². The molecule has 5 rings (SSSR count). The van der Waals surface area contributed by atoms with E-state index in [1.807, 2.05) is 83.1 Å². The Hall–Kier alpha value is -3.10. The monoisotopic (exact) mass is 593 g/mol. The van der Waals surface area contributed by atoms with Gasteiger partial charge in [0, 0.05) is 94.7 Å². The largest absolute Gasteiger partial charge is 0.378 e. The molecule has 9 heteroatoms. The molecule has 8 nitrogen and oxygen atoms in total. The summed E-state index contributed by atoms with van der Waals surface area (Å²) in [6.07, 6.45) is 2.25. The molecule has 0 saturated carbocycles. The third-order valence-electron chi connectivity index (χ3n) is 9.36. The van der Waals surface area contributed by atoms with Crippen LogP contribution in [0.4, 0.5) is 11.4 Å². The zero-order valence-electron chi connectivity index (χ0n) is 25.4. The lowest BCUT2D eigenvalue weighted by molar-refractivity contribution is -0.133. The van der Waals surface area contributed by atoms with Gasteiger partial charge in [-0.25, -0.2) is 0 Å². The van der Waals surface area contributed by atoms with Crippen LogP contribution < -0.4 is 9.80 Å². The number of carbonyl (C=O) groups is 3. The lowest BCUT2D eigenvalue weighted by Crippen LogP contribution is -2.44. The SMILES string of the molecule is CC(=O)N1CCC(C(=O)N(CCCN2CC3CN(C(=O)c4ccc(N(C)C)cc4)CC3C2)c2ccc(C)c(Cl)c2)CC1. The summed E-state index contributed by atoms with van der Waals surface area (Å²) in [5, 5.41) is 0.664. The number of anilines is 2. The van der Waals surface area contributed by atoms with E-state index in [4.69, 9.17) is 11.6 Å². The minimum Gasteiger partial charge on any atom is -0.378 e. The molecule has 2 atom stereocenters. The normalized spacial score (nSPS) is 21.0. The van der Waals surface area contributed by atoms with E-state index in [9.17, 15) is 14.4 Å². The van der Waals surface area contributed by atoms with Crippen molar-refractivity contribution in [2.75, 3.05) is 76.3 Å². The van der Waals surface area contributed by atoms with E-state index < -0.39 is 0 Å². The van der Waals surface area contributed by atoms with Crippen LogP contribution in [0.5, 0.6) is 0 Å². The van der Waals surface area contributed by atoms with Crippen LogP contribution in [0, 0.1) is 24.7 Å². The summed E-state index contributed by atoms with van der Waals surface area (Å²) in [7, 11) is 4.00. The van der Waals surface area contributed by atoms with Crippen molar-refractivity contribution in [2.45, 2.75) is 33.1 Å². The first-order valence-corrected chi connectivity index (χ1v) is 15.6. The maximum absolute atomic E-state index is 13.8. The average Bonchev–Trinajstić information content (AvgIpc) is 3.55. The Balaban J connectivity index is 1.15. The number of benzene rings is 2. The van der Waals surface area contributed by atoms with E-state index in [2.05, 4.69) is 4.90 Å². The Morgan fingerprint density at radius 3 is 2.07 bits per heavy atom. The number of fused-ring (bicyclic) bond motifs is 1. The van der Waals surface area contributed by atoms with Crippen LogP contribution in [0.2, 0.25) is 5.02 Å². The van der Waals surface area contributed by atoms with Gasteiger partial charge in [0.2, 0.25) is 11.8 Å². The molecule has 0 aromatic heterocycles. The number of hydrogen-bond acceptors (Lipinski definition) is 5. The Labute approximate surface area is 255 Å². The minimum absolute atomic E-state index is 0.0737. The summed E-state index contributed by atoms with van der Waals surface area (Å²) < 4.78 is 0. The maximum Gasteiger partial charge on any atom is 0.253 e. The standard InChI is InChI=1S/C33H44ClN5O3/c1-23-6-9-30(18-31(23)34)39(33(42)26-12-16-37(17-13-26)24(2)40)15-5-14-36-19-27-21-38(22-28(27)20-36)32(41)25-7-10-29(11-8-25)35(3)4/h6-11,18,26-28H,5,12-17,19-22H2,1-4H3. The van der Waals surface area contributed by atoms with Crippen molar-refractivity contribution in [3.63, 3.8) is 0 Å². The third-order valence-corrected chi connectivity index (χ3v) is 9.77. The van der Waals surface area contributed by atoms with Gasteiger partial charge in [-0.2, -0.15) is 0 Å². The van der Waals surface area contributed by atoms with E-state index in [-0.39, 0.29) is 23.6 Å². The molecule has 3 aliphatic rings. The van der Waals surface area contributed by atoms with E-state index in [0.29, 0.717) is 49.3 Å². The van der Waals surface area contributed by atoms with Gasteiger partial charge in [-0.05, 0) is 86.5 Å². The second kappa shape index (κ2) is 13.0. The Morgan fingerprint density at radius 2 is 1.50 bits per heavy atom. The zero-order chi connectivity index (χ0) is 30.0. The number of rotatable bonds is 8. The highest BCUT2D eigenvalue weighted by atomic mass is 35.5. The Bertz CT molecular complexity index is 1280. The zero-order valence-corrected chi connectivity index (χ0v) is 26.1. The number of halogens is 1. The van der Waals surface area contributed by atoms with Gasteiger partial charge in [0.25, 0.3) is 5.91 Å². The van der Waals surface area contributed by atoms with Crippen molar-refractivity contribution >= 4 is 40.7 Å². The lowest BCUT2D eigenvalue weighted by atomic mass is 9.94. The Morgan fingerprint density at radius 1 is 0.881 bits per heavy atom. The van der Waals surface area contributed by atoms with Crippen molar-refractivity contribution < 1.29 is 14.4 Å². The molecular formula is C33H44ClN5O3. The van der Waals surface area contributed by atoms with Gasteiger partial charge in [0.1, 0.15) is 0 Å². The predicted molar refractivity (Wildman–Crippen MR) is 168 cm³/mol. The highest BCUT2D eigenvalue weighted by Gasteiger charge is 2.41. The summed E-state index contributed by atoms with van der Waals surface area (Å²) in [6, 6.07) is 13.7. The van der Waals surface area contributed by atoms with E-state index >= 15 is 0 Å². The van der Waals surface area contributed by atoms with E-state index in [1.165, 1.54) is 0 Å². The van der Waals surface area contributed by atoms with Gasteiger partial charge >= 0.3 is 0 Å². The van der Waals surface area contributed by atoms with Gasteiger partial charge in [0.05, 0.1) is 0 Å². The molecule has 3 heterocycles. The van der Waals surface area contributed by atoms with Crippen molar-refractivity contribution in [3.05, 3.63) is 58.6 Å². The molecule has 3 fully saturated rings. The fourth-order valence-electron chi connectivity index (χ4n) is 6.75. The van der Waals surface area contributed by atoms with Crippen LogP contribution in [0.3, 0.4) is 0 Å². The molecule has 3 aliphatic heterocycles. The first kappa shape index (κ1) is 30.4. The molecule has 0 radical (unpaired) electrons. The topological polar surface area (TPSA) is 67.4 Å². The smallest absolute Gasteiger partial charge is 0.253 e. The quantitative estimate of drug-likeness (QED) is 0.454. The summed E-state index contributed by atoms with van der Waals surface area (Å²) in [4.78, 5) is 49.0. The third kappa shape index (κ3) is 6.76. The van der Waals surface area contributed by atoms with Gasteiger partial charge < -0.3 is 24.5 Å². The van der Waals surface area contributed by atoms with Crippen LogP contribution in [0.25, 0.3) is 0 Å². The van der Waals surface area contributed by atoms with Crippen molar-refractivity contribution in [3.8, 4) is 0 Å². The Kier molecular flexibility index (Phi) is 9.43. The van der Waals surface area contributed by atoms with Gasteiger partial charge in [-0.15, -0.1) is 0 Å². The maximum atomic E-state index is 13.8. The van der Waals surface area contributed by atoms with Crippen LogP contribution in [-0.2, 0) is 9.59 Å². The van der Waals surface area contributed by atoms with Crippen LogP contribution in [0.15, 0.2) is 42.5 Å². The molecule has 0 aliphatic carbocycles. The molecule has 2 aromatic carbocycles. The van der Waals surface area contributed by atoms with Gasteiger partial charge in [-0.3, -0.25) is 14.4 Å². The van der Waals surface area contributed by atoms with E-state index in [0.717, 1.165) is 61.6 Å². The molecule has 226 valence electrons. The first-order chi connectivity index (χ1) is 20.1. The highest BCUT2D eigenvalue weighted by molar-refractivity contribution is 6.31. The number of piperidine rings is 1. The summed E-state index contributed by atoms with van der Waals surface area (Å²) in [5.74, 6) is 1.23. The molecule has 0 N–H and O–H groups in total. The van der Waals surface area contributed by atoms with Crippen molar-refractivity contribution in [1.82, 2.24) is 14.7 Å². The number of hydrogen-bond donors (Lipinski definition) is 0. The molecular weight excluding hydrogens is 550 g/mol. The molecule has 0 bridgehead atoms. The average molecular weight is 594 g/mol. The molecule has 2 unspecified atom stereocenters. The number of nitrogens with zero attached hydrogens (tertiary/aromatic N) is 5. The highest BCUT2D eigenvalue weighted by Crippen LogP contribution is 2.33. The number of aryl methyl sites for hydroxylation is 1.